The number of likely N-dealkylation sites (tertiary alicyclic amines) is 1. The summed E-state index contributed by atoms with van der Waals surface area (Å²) in [6, 6.07) is 1.39. The Morgan fingerprint density at radius 3 is 2.47 bits per heavy atom. The number of rotatable bonds is 3. The third kappa shape index (κ3) is 2.82. The van der Waals surface area contributed by atoms with Gasteiger partial charge in [0.1, 0.15) is 0 Å². The largest absolute Gasteiger partial charge is 0.387 e. The first-order valence-corrected chi connectivity index (χ1v) is 7.40. The summed E-state index contributed by atoms with van der Waals surface area (Å²) < 4.78 is 0. The lowest BCUT2D eigenvalue weighted by Crippen LogP contribution is -2.29. The van der Waals surface area contributed by atoms with Crippen molar-refractivity contribution in [1.29, 1.82) is 0 Å². The van der Waals surface area contributed by atoms with Gasteiger partial charge in [-0.05, 0) is 32.1 Å². The van der Waals surface area contributed by atoms with Crippen LogP contribution >= 0.6 is 0 Å². The second-order valence-electron chi connectivity index (χ2n) is 6.06. The van der Waals surface area contributed by atoms with Gasteiger partial charge in [-0.3, -0.25) is 9.89 Å². The normalized spacial score (nSPS) is 33.2. The summed E-state index contributed by atoms with van der Waals surface area (Å²) in [5, 5.41) is 0. The molecule has 1 saturated heterocycles. The molecule has 1 unspecified atom stereocenters. The lowest BCUT2D eigenvalue weighted by Gasteiger charge is -2.22. The van der Waals surface area contributed by atoms with Crippen LogP contribution < -0.4 is 5.73 Å². The van der Waals surface area contributed by atoms with E-state index in [0.29, 0.717) is 12.0 Å². The predicted octanol–water partition coefficient (Wildman–Crippen LogP) is 2.16. The Morgan fingerprint density at radius 2 is 1.76 bits per heavy atom. The molecule has 0 spiro atoms. The third-order valence-electron chi connectivity index (χ3n) is 4.61. The molecule has 3 nitrogen and oxygen atoms in total. The van der Waals surface area contributed by atoms with Gasteiger partial charge < -0.3 is 5.73 Å². The smallest absolute Gasteiger partial charge is 0.0972 e. The zero-order valence-corrected chi connectivity index (χ0v) is 10.8. The molecule has 3 aliphatic rings. The van der Waals surface area contributed by atoms with Gasteiger partial charge in [-0.1, -0.05) is 19.3 Å². The van der Waals surface area contributed by atoms with Crippen molar-refractivity contribution in [2.24, 2.45) is 16.6 Å². The lowest BCUT2D eigenvalue weighted by atomic mass is 9.88. The number of amidine groups is 1. The minimum atomic E-state index is 0.498. The SMILES string of the molecule is NC(=NC1CCN(C2CC2)C1)C1CCCCC1. The quantitative estimate of drug-likeness (QED) is 0.601. The second-order valence-corrected chi connectivity index (χ2v) is 6.06. The van der Waals surface area contributed by atoms with Crippen molar-refractivity contribution in [3.05, 3.63) is 0 Å². The van der Waals surface area contributed by atoms with E-state index in [1.165, 1.54) is 57.9 Å². The Balaban J connectivity index is 1.53. The maximum atomic E-state index is 6.20. The van der Waals surface area contributed by atoms with E-state index >= 15 is 0 Å². The molecule has 2 saturated carbocycles. The average Bonchev–Trinajstić information content (AvgIpc) is 3.12. The molecule has 1 atom stereocenters. The fraction of sp³-hybridized carbons (Fsp3) is 0.929. The molecule has 0 aromatic heterocycles. The van der Waals surface area contributed by atoms with E-state index in [-0.39, 0.29) is 0 Å². The van der Waals surface area contributed by atoms with Gasteiger partial charge in [0.25, 0.3) is 0 Å². The highest BCUT2D eigenvalue weighted by Gasteiger charge is 2.34. The van der Waals surface area contributed by atoms with E-state index in [9.17, 15) is 0 Å². The highest BCUT2D eigenvalue weighted by Crippen LogP contribution is 2.31. The Labute approximate surface area is 104 Å². The number of hydrogen-bond acceptors (Lipinski definition) is 2. The summed E-state index contributed by atoms with van der Waals surface area (Å²) in [5.41, 5.74) is 6.20. The summed E-state index contributed by atoms with van der Waals surface area (Å²) in [5.74, 6) is 1.56. The van der Waals surface area contributed by atoms with Crippen LogP contribution in [0.5, 0.6) is 0 Å². The summed E-state index contributed by atoms with van der Waals surface area (Å²) >= 11 is 0. The van der Waals surface area contributed by atoms with Crippen LogP contribution in [0.4, 0.5) is 0 Å². The molecule has 0 aromatic rings. The molecule has 0 bridgehead atoms. The van der Waals surface area contributed by atoms with E-state index in [0.717, 1.165) is 18.4 Å². The van der Waals surface area contributed by atoms with Crippen molar-refractivity contribution in [3.63, 3.8) is 0 Å². The molecule has 2 N–H and O–H groups in total. The Hall–Kier alpha value is -0.570. The van der Waals surface area contributed by atoms with E-state index in [4.69, 9.17) is 10.7 Å². The molecule has 1 heterocycles. The Kier molecular flexibility index (Phi) is 3.37. The van der Waals surface area contributed by atoms with Crippen molar-refractivity contribution in [1.82, 2.24) is 4.90 Å². The first kappa shape index (κ1) is 11.5. The maximum absolute atomic E-state index is 6.20. The number of aliphatic imine (C=N–C) groups is 1. The first-order chi connectivity index (χ1) is 8.33. The molecular weight excluding hydrogens is 210 g/mol. The fourth-order valence-electron chi connectivity index (χ4n) is 3.36. The van der Waals surface area contributed by atoms with Crippen molar-refractivity contribution in [2.75, 3.05) is 13.1 Å². The van der Waals surface area contributed by atoms with Gasteiger partial charge in [-0.15, -0.1) is 0 Å². The molecule has 3 fully saturated rings. The van der Waals surface area contributed by atoms with Crippen LogP contribution in [0.2, 0.25) is 0 Å². The van der Waals surface area contributed by atoms with Crippen LogP contribution in [0, 0.1) is 5.92 Å². The van der Waals surface area contributed by atoms with Crippen molar-refractivity contribution in [2.45, 2.75) is 63.5 Å². The van der Waals surface area contributed by atoms with E-state index in [2.05, 4.69) is 4.90 Å². The minimum Gasteiger partial charge on any atom is -0.387 e. The van der Waals surface area contributed by atoms with Crippen LogP contribution in [0.15, 0.2) is 4.99 Å². The summed E-state index contributed by atoms with van der Waals surface area (Å²) in [6.45, 7) is 2.41. The fourth-order valence-corrected chi connectivity index (χ4v) is 3.36. The third-order valence-corrected chi connectivity index (χ3v) is 4.61. The molecule has 0 aromatic carbocycles. The van der Waals surface area contributed by atoms with Crippen molar-refractivity contribution < 1.29 is 0 Å². The Morgan fingerprint density at radius 1 is 1.00 bits per heavy atom. The van der Waals surface area contributed by atoms with E-state index in [1.807, 2.05) is 0 Å². The standard InChI is InChI=1S/C14H25N3/c15-14(11-4-2-1-3-5-11)16-12-8-9-17(10-12)13-6-7-13/h11-13H,1-10H2,(H2,15,16). The van der Waals surface area contributed by atoms with Gasteiger partial charge in [0.2, 0.25) is 0 Å². The minimum absolute atomic E-state index is 0.498. The first-order valence-electron chi connectivity index (χ1n) is 7.40. The molecule has 17 heavy (non-hydrogen) atoms. The van der Waals surface area contributed by atoms with Gasteiger partial charge in [-0.25, -0.2) is 0 Å². The molecule has 1 aliphatic heterocycles. The molecular formula is C14H25N3. The molecule has 0 radical (unpaired) electrons. The Bertz CT molecular complexity index is 290. The van der Waals surface area contributed by atoms with Crippen LogP contribution in [0.3, 0.4) is 0 Å². The number of nitrogens with zero attached hydrogens (tertiary/aromatic N) is 2. The van der Waals surface area contributed by atoms with Gasteiger partial charge in [0, 0.05) is 25.0 Å². The molecule has 2 aliphatic carbocycles. The van der Waals surface area contributed by atoms with Gasteiger partial charge in [0.15, 0.2) is 0 Å². The van der Waals surface area contributed by atoms with E-state index in [1.54, 1.807) is 0 Å². The lowest BCUT2D eigenvalue weighted by molar-refractivity contribution is 0.324. The number of nitrogens with two attached hydrogens (primary N) is 1. The van der Waals surface area contributed by atoms with Crippen molar-refractivity contribution >= 4 is 5.84 Å². The summed E-state index contributed by atoms with van der Waals surface area (Å²) in [6.07, 6.45) is 10.7. The predicted molar refractivity (Wildman–Crippen MR) is 71.2 cm³/mol. The summed E-state index contributed by atoms with van der Waals surface area (Å²) in [7, 11) is 0. The number of hydrogen-bond donors (Lipinski definition) is 1. The van der Waals surface area contributed by atoms with Crippen LogP contribution in [-0.2, 0) is 0 Å². The molecule has 3 rings (SSSR count). The highest BCUT2D eigenvalue weighted by molar-refractivity contribution is 5.83. The van der Waals surface area contributed by atoms with Crippen LogP contribution in [-0.4, -0.2) is 35.9 Å². The van der Waals surface area contributed by atoms with Gasteiger partial charge in [-0.2, -0.15) is 0 Å². The molecule has 3 heteroatoms. The zero-order chi connectivity index (χ0) is 11.7. The maximum Gasteiger partial charge on any atom is 0.0972 e. The monoisotopic (exact) mass is 235 g/mol. The van der Waals surface area contributed by atoms with Gasteiger partial charge in [0.05, 0.1) is 11.9 Å². The van der Waals surface area contributed by atoms with Gasteiger partial charge >= 0.3 is 0 Å². The topological polar surface area (TPSA) is 41.6 Å². The van der Waals surface area contributed by atoms with Crippen molar-refractivity contribution in [3.8, 4) is 0 Å². The molecule has 96 valence electrons. The average molecular weight is 235 g/mol. The van der Waals surface area contributed by atoms with E-state index < -0.39 is 0 Å². The highest BCUT2D eigenvalue weighted by atomic mass is 15.2. The second kappa shape index (κ2) is 4.97. The van der Waals surface area contributed by atoms with Crippen LogP contribution in [0.1, 0.15) is 51.4 Å². The van der Waals surface area contributed by atoms with Crippen LogP contribution in [0.25, 0.3) is 0 Å². The summed E-state index contributed by atoms with van der Waals surface area (Å²) in [4.78, 5) is 7.43. The molecule has 0 amide bonds. The zero-order valence-electron chi connectivity index (χ0n) is 10.8.